The predicted molar refractivity (Wildman–Crippen MR) is 48.7 cm³/mol. The van der Waals surface area contributed by atoms with E-state index in [-0.39, 0.29) is 51.4 Å². The van der Waals surface area contributed by atoms with Gasteiger partial charge in [0, 0.05) is 0 Å². The van der Waals surface area contributed by atoms with Crippen molar-refractivity contribution in [2.45, 2.75) is 15.5 Å². The molecule has 0 unspecified atom stereocenters. The second-order valence-electron chi connectivity index (χ2n) is 1.24. The van der Waals surface area contributed by atoms with Gasteiger partial charge in [-0.2, -0.15) is 15.0 Å². The first-order valence-corrected chi connectivity index (χ1v) is 3.35. The third-order valence-corrected chi connectivity index (χ3v) is 1.20. The van der Waals surface area contributed by atoms with Gasteiger partial charge in [0.15, 0.2) is 15.5 Å². The zero-order chi connectivity index (χ0) is 6.85. The molecule has 1 rings (SSSR count). The Balaban J connectivity index is 0.000000810. The number of thiol groups is 3. The average Bonchev–Trinajstić information content (AvgIpc) is 1.59. The van der Waals surface area contributed by atoms with Crippen molar-refractivity contribution in [1.29, 1.82) is 0 Å². The van der Waals surface area contributed by atoms with Crippen LogP contribution in [0.25, 0.3) is 0 Å². The SMILES string of the molecule is Sc1nc(S)nc(S)n1.[KH]. The molecule has 0 fully saturated rings. The summed E-state index contributed by atoms with van der Waals surface area (Å²) in [7, 11) is 0. The van der Waals surface area contributed by atoms with Gasteiger partial charge in [0.25, 0.3) is 0 Å². The normalized spacial score (nSPS) is 8.70. The molecular formula is C3H4KN3S3. The third kappa shape index (κ3) is 3.91. The summed E-state index contributed by atoms with van der Waals surface area (Å²) in [4.78, 5) is 11.1. The van der Waals surface area contributed by atoms with Gasteiger partial charge in [0.1, 0.15) is 0 Å². The number of nitrogens with zero attached hydrogens (tertiary/aromatic N) is 3. The van der Waals surface area contributed by atoms with E-state index < -0.39 is 0 Å². The van der Waals surface area contributed by atoms with Gasteiger partial charge in [-0.05, 0) is 0 Å². The van der Waals surface area contributed by atoms with Gasteiger partial charge in [-0.3, -0.25) is 0 Å². The number of hydrogen-bond acceptors (Lipinski definition) is 6. The molecular weight excluding hydrogens is 213 g/mol. The van der Waals surface area contributed by atoms with Gasteiger partial charge in [-0.15, -0.1) is 37.9 Å². The minimum absolute atomic E-state index is 0. The van der Waals surface area contributed by atoms with E-state index in [1.54, 1.807) is 0 Å². The van der Waals surface area contributed by atoms with Crippen LogP contribution in [0.3, 0.4) is 0 Å². The fourth-order valence-electron chi connectivity index (χ4n) is 0.343. The molecule has 0 aromatic carbocycles. The first kappa shape index (κ1) is 11.7. The first-order chi connectivity index (χ1) is 4.18. The van der Waals surface area contributed by atoms with Gasteiger partial charge >= 0.3 is 51.4 Å². The van der Waals surface area contributed by atoms with E-state index in [0.717, 1.165) is 0 Å². The van der Waals surface area contributed by atoms with Crippen molar-refractivity contribution in [1.82, 2.24) is 15.0 Å². The van der Waals surface area contributed by atoms with Gasteiger partial charge in [0.2, 0.25) is 0 Å². The summed E-state index contributed by atoms with van der Waals surface area (Å²) < 4.78 is 0. The van der Waals surface area contributed by atoms with Crippen LogP contribution in [0.15, 0.2) is 15.5 Å². The monoisotopic (exact) mass is 217 g/mol. The predicted octanol–water partition coefficient (Wildman–Crippen LogP) is 0.0892. The van der Waals surface area contributed by atoms with Gasteiger partial charge in [-0.25, -0.2) is 0 Å². The van der Waals surface area contributed by atoms with Crippen LogP contribution in [0.1, 0.15) is 0 Å². The molecule has 0 aliphatic carbocycles. The van der Waals surface area contributed by atoms with Crippen molar-refractivity contribution < 1.29 is 0 Å². The Bertz CT molecular complexity index is 180. The van der Waals surface area contributed by atoms with Gasteiger partial charge in [-0.1, -0.05) is 0 Å². The van der Waals surface area contributed by atoms with E-state index in [9.17, 15) is 0 Å². The van der Waals surface area contributed by atoms with Crippen molar-refractivity contribution in [2.75, 3.05) is 0 Å². The van der Waals surface area contributed by atoms with E-state index in [0.29, 0.717) is 15.5 Å². The molecule has 1 aromatic heterocycles. The molecule has 0 saturated carbocycles. The molecule has 0 bridgehead atoms. The Morgan fingerprint density at radius 3 is 1.10 bits per heavy atom. The summed E-state index contributed by atoms with van der Waals surface area (Å²) >= 11 is 11.6. The maximum atomic E-state index is 3.86. The van der Waals surface area contributed by atoms with E-state index in [1.807, 2.05) is 0 Å². The molecule has 0 amide bonds. The summed E-state index contributed by atoms with van der Waals surface area (Å²) in [5.41, 5.74) is 0. The zero-order valence-electron chi connectivity index (χ0n) is 4.18. The molecule has 50 valence electrons. The minimum atomic E-state index is 0. The molecule has 7 heteroatoms. The molecule has 1 heterocycles. The third-order valence-electron chi connectivity index (χ3n) is 0.600. The molecule has 0 aliphatic heterocycles. The molecule has 10 heavy (non-hydrogen) atoms. The van der Waals surface area contributed by atoms with Gasteiger partial charge in [0.05, 0.1) is 0 Å². The van der Waals surface area contributed by atoms with Crippen LogP contribution in [0.4, 0.5) is 0 Å². The topological polar surface area (TPSA) is 38.7 Å². The van der Waals surface area contributed by atoms with Crippen LogP contribution in [0.5, 0.6) is 0 Å². The molecule has 0 spiro atoms. The first-order valence-electron chi connectivity index (χ1n) is 2.01. The molecule has 0 radical (unpaired) electrons. The molecule has 1 aromatic rings. The van der Waals surface area contributed by atoms with E-state index in [2.05, 4.69) is 52.8 Å². The zero-order valence-corrected chi connectivity index (χ0v) is 6.87. The summed E-state index contributed by atoms with van der Waals surface area (Å²) in [6.45, 7) is 0. The van der Waals surface area contributed by atoms with Crippen LogP contribution in [0, 0.1) is 0 Å². The number of rotatable bonds is 0. The van der Waals surface area contributed by atoms with Crippen LogP contribution in [-0.2, 0) is 0 Å². The maximum absolute atomic E-state index is 3.86. The van der Waals surface area contributed by atoms with Crippen molar-refractivity contribution in [3.63, 3.8) is 0 Å². The van der Waals surface area contributed by atoms with Crippen LogP contribution in [0.2, 0.25) is 0 Å². The standard InChI is InChI=1S/C3H3N3S3.K.H/c7-1-4-2(8)6-3(9)5-1;;/h(H3,4,5,6,7,8,9);;. The van der Waals surface area contributed by atoms with Gasteiger partial charge < -0.3 is 0 Å². The van der Waals surface area contributed by atoms with Crippen molar-refractivity contribution in [3.05, 3.63) is 0 Å². The fourth-order valence-corrected chi connectivity index (χ4v) is 1.15. The summed E-state index contributed by atoms with van der Waals surface area (Å²) in [5.74, 6) is 0. The molecule has 0 aliphatic rings. The second kappa shape index (κ2) is 5.36. The Labute approximate surface area is 117 Å². The van der Waals surface area contributed by atoms with Crippen LogP contribution in [-0.4, -0.2) is 66.3 Å². The van der Waals surface area contributed by atoms with E-state index in [4.69, 9.17) is 0 Å². The van der Waals surface area contributed by atoms with Crippen molar-refractivity contribution in [3.8, 4) is 0 Å². The Morgan fingerprint density at radius 2 is 0.900 bits per heavy atom. The Morgan fingerprint density at radius 1 is 0.700 bits per heavy atom. The molecule has 3 nitrogen and oxygen atoms in total. The summed E-state index contributed by atoms with van der Waals surface area (Å²) in [5, 5.41) is 1.00. The molecule has 0 atom stereocenters. The molecule has 0 N–H and O–H groups in total. The van der Waals surface area contributed by atoms with Crippen molar-refractivity contribution >= 4 is 89.3 Å². The van der Waals surface area contributed by atoms with E-state index >= 15 is 0 Å². The molecule has 0 saturated heterocycles. The summed E-state index contributed by atoms with van der Waals surface area (Å²) in [6.07, 6.45) is 0. The number of aromatic nitrogens is 3. The van der Waals surface area contributed by atoms with Crippen molar-refractivity contribution in [2.24, 2.45) is 0 Å². The number of hydrogen-bond donors (Lipinski definition) is 3. The average molecular weight is 217 g/mol. The van der Waals surface area contributed by atoms with Crippen LogP contribution >= 0.6 is 37.9 Å². The Kier molecular flexibility index (Phi) is 6.27. The quantitative estimate of drug-likeness (QED) is 0.426. The van der Waals surface area contributed by atoms with Crippen LogP contribution < -0.4 is 0 Å². The Hall–Kier alpha value is 1.70. The second-order valence-corrected chi connectivity index (χ2v) is 2.44. The summed E-state index contributed by atoms with van der Waals surface area (Å²) in [6, 6.07) is 0. The fraction of sp³-hybridized carbons (Fsp3) is 0. The van der Waals surface area contributed by atoms with E-state index in [1.165, 1.54) is 0 Å².